The third kappa shape index (κ3) is 4.60. The largest absolute Gasteiger partial charge is 0.394 e. The van der Waals surface area contributed by atoms with Gasteiger partial charge in [-0.25, -0.2) is 9.07 Å². The zero-order valence-corrected chi connectivity index (χ0v) is 12.2. The highest BCUT2D eigenvalue weighted by Crippen LogP contribution is 2.06. The zero-order chi connectivity index (χ0) is 16.7. The van der Waals surface area contributed by atoms with Gasteiger partial charge in [-0.3, -0.25) is 4.79 Å². The molecule has 0 radical (unpaired) electrons. The molecule has 2 aromatic rings. The van der Waals surface area contributed by atoms with Crippen molar-refractivity contribution in [2.24, 2.45) is 5.73 Å². The van der Waals surface area contributed by atoms with Crippen molar-refractivity contribution in [2.75, 3.05) is 13.2 Å². The summed E-state index contributed by atoms with van der Waals surface area (Å²) in [4.78, 5) is 15.1. The highest BCUT2D eigenvalue weighted by molar-refractivity contribution is 5.88. The summed E-state index contributed by atoms with van der Waals surface area (Å²) in [6, 6.07) is 6.30. The highest BCUT2D eigenvalue weighted by Gasteiger charge is 2.12. The van der Waals surface area contributed by atoms with E-state index in [4.69, 9.17) is 15.6 Å². The molecule has 0 unspecified atom stereocenters. The number of aliphatic hydroxyl groups excluding tert-OH is 1. The molecule has 0 saturated heterocycles. The summed E-state index contributed by atoms with van der Waals surface area (Å²) in [5, 5.41) is 12.6. The fourth-order valence-corrected chi connectivity index (χ4v) is 1.70. The number of ether oxygens (including phenoxy) is 1. The van der Waals surface area contributed by atoms with Crippen LogP contribution in [-0.2, 0) is 17.9 Å². The van der Waals surface area contributed by atoms with E-state index in [0.717, 1.165) is 0 Å². The fourth-order valence-electron chi connectivity index (χ4n) is 1.70. The average Bonchev–Trinajstić information content (AvgIpc) is 2.93. The normalized spacial score (nSPS) is 10.2. The number of carbonyl (C=O) groups excluding carboxylic acids is 1. The van der Waals surface area contributed by atoms with E-state index < -0.39 is 5.91 Å². The first-order chi connectivity index (χ1) is 11.1. The van der Waals surface area contributed by atoms with E-state index >= 15 is 0 Å². The first kappa shape index (κ1) is 16.6. The Morgan fingerprint density at radius 3 is 2.91 bits per heavy atom. The Balaban J connectivity index is 2.16. The molecule has 1 aromatic heterocycles. The standard InChI is InChI=1S/C15H15FN4O3/c16-12-6-2-1-4-11(12)5-3-7-13-18-15(14(17)22)19-20(13)10-23-9-8-21/h1-2,4,6,21H,5,8-10H2,(H2,17,22). The number of hydrogen-bond donors (Lipinski definition) is 2. The Morgan fingerprint density at radius 1 is 1.43 bits per heavy atom. The maximum Gasteiger partial charge on any atom is 0.288 e. The van der Waals surface area contributed by atoms with E-state index in [1.165, 1.54) is 10.7 Å². The summed E-state index contributed by atoms with van der Waals surface area (Å²) in [5.41, 5.74) is 5.59. The van der Waals surface area contributed by atoms with Crippen molar-refractivity contribution >= 4 is 5.91 Å². The van der Waals surface area contributed by atoms with Gasteiger partial charge in [-0.05, 0) is 17.6 Å². The SMILES string of the molecule is NC(=O)c1nc(C#CCc2ccccc2F)n(COCCO)n1. The molecular formula is C15H15FN4O3. The van der Waals surface area contributed by atoms with Gasteiger partial charge in [0, 0.05) is 6.42 Å². The Morgan fingerprint density at radius 2 is 2.22 bits per heavy atom. The third-order valence-electron chi connectivity index (χ3n) is 2.78. The summed E-state index contributed by atoms with van der Waals surface area (Å²) >= 11 is 0. The molecule has 2 rings (SSSR count). The monoisotopic (exact) mass is 318 g/mol. The summed E-state index contributed by atoms with van der Waals surface area (Å²) in [6.45, 7) is -0.0793. The number of halogens is 1. The molecule has 0 aliphatic heterocycles. The molecule has 23 heavy (non-hydrogen) atoms. The molecule has 0 fully saturated rings. The summed E-state index contributed by atoms with van der Waals surface area (Å²) in [7, 11) is 0. The number of benzene rings is 1. The van der Waals surface area contributed by atoms with Crippen molar-refractivity contribution in [3.05, 3.63) is 47.3 Å². The Hall–Kier alpha value is -2.76. The van der Waals surface area contributed by atoms with Crippen LogP contribution in [0.4, 0.5) is 4.39 Å². The van der Waals surface area contributed by atoms with E-state index in [9.17, 15) is 9.18 Å². The number of rotatable bonds is 6. The van der Waals surface area contributed by atoms with Crippen LogP contribution >= 0.6 is 0 Å². The lowest BCUT2D eigenvalue weighted by molar-refractivity contribution is 0.0411. The number of hydrogen-bond acceptors (Lipinski definition) is 5. The second kappa shape index (κ2) is 8.03. The number of aliphatic hydroxyl groups is 1. The molecule has 0 atom stereocenters. The van der Waals surface area contributed by atoms with Crippen LogP contribution in [0.15, 0.2) is 24.3 Å². The number of primary amides is 1. The average molecular weight is 318 g/mol. The van der Waals surface area contributed by atoms with Crippen LogP contribution in [0, 0.1) is 17.7 Å². The van der Waals surface area contributed by atoms with Crippen LogP contribution in [0.3, 0.4) is 0 Å². The second-order valence-electron chi connectivity index (χ2n) is 4.45. The van der Waals surface area contributed by atoms with E-state index in [2.05, 4.69) is 21.9 Å². The van der Waals surface area contributed by atoms with Crippen molar-refractivity contribution in [3.63, 3.8) is 0 Å². The van der Waals surface area contributed by atoms with Gasteiger partial charge in [0.05, 0.1) is 13.2 Å². The molecule has 0 spiro atoms. The topological polar surface area (TPSA) is 103 Å². The van der Waals surface area contributed by atoms with Crippen LogP contribution in [0.1, 0.15) is 22.0 Å². The molecular weight excluding hydrogens is 303 g/mol. The maximum atomic E-state index is 13.5. The molecule has 0 bridgehead atoms. The van der Waals surface area contributed by atoms with Gasteiger partial charge >= 0.3 is 0 Å². The van der Waals surface area contributed by atoms with Crippen molar-refractivity contribution in [1.82, 2.24) is 14.8 Å². The van der Waals surface area contributed by atoms with Crippen molar-refractivity contribution < 1.29 is 19.0 Å². The first-order valence-electron chi connectivity index (χ1n) is 6.77. The van der Waals surface area contributed by atoms with Gasteiger partial charge in [0.2, 0.25) is 11.6 Å². The Labute approximate surface area is 131 Å². The quantitative estimate of drug-likeness (QED) is 0.580. The second-order valence-corrected chi connectivity index (χ2v) is 4.45. The smallest absolute Gasteiger partial charge is 0.288 e. The predicted octanol–water partition coefficient (Wildman–Crippen LogP) is 0.0767. The van der Waals surface area contributed by atoms with Crippen molar-refractivity contribution in [2.45, 2.75) is 13.2 Å². The molecule has 7 nitrogen and oxygen atoms in total. The summed E-state index contributed by atoms with van der Waals surface area (Å²) < 4.78 is 19.9. The predicted molar refractivity (Wildman–Crippen MR) is 78.6 cm³/mol. The number of nitrogens with two attached hydrogens (primary N) is 1. The van der Waals surface area contributed by atoms with Crippen molar-refractivity contribution in [3.8, 4) is 11.8 Å². The molecule has 3 N–H and O–H groups in total. The van der Waals surface area contributed by atoms with Gasteiger partial charge in [0.1, 0.15) is 12.5 Å². The zero-order valence-electron chi connectivity index (χ0n) is 12.2. The lowest BCUT2D eigenvalue weighted by atomic mass is 10.1. The van der Waals surface area contributed by atoms with Crippen LogP contribution in [0.25, 0.3) is 0 Å². The van der Waals surface area contributed by atoms with Gasteiger partial charge in [-0.2, -0.15) is 4.98 Å². The lowest BCUT2D eigenvalue weighted by Crippen LogP contribution is -2.14. The van der Waals surface area contributed by atoms with Gasteiger partial charge in [0.25, 0.3) is 5.91 Å². The Kier molecular flexibility index (Phi) is 5.80. The first-order valence-corrected chi connectivity index (χ1v) is 6.77. The highest BCUT2D eigenvalue weighted by atomic mass is 19.1. The number of aromatic nitrogens is 3. The molecule has 0 saturated carbocycles. The minimum atomic E-state index is -0.789. The number of nitrogens with zero attached hydrogens (tertiary/aromatic N) is 3. The summed E-state index contributed by atoms with van der Waals surface area (Å²) in [5.74, 6) is 4.34. The van der Waals surface area contributed by atoms with E-state index in [1.807, 2.05) is 0 Å². The molecule has 1 amide bonds. The lowest BCUT2D eigenvalue weighted by Gasteiger charge is -2.02. The van der Waals surface area contributed by atoms with Crippen LogP contribution < -0.4 is 5.73 Å². The van der Waals surface area contributed by atoms with Crippen LogP contribution in [-0.4, -0.2) is 39.0 Å². The van der Waals surface area contributed by atoms with Gasteiger partial charge in [0.15, 0.2) is 0 Å². The molecule has 1 aromatic carbocycles. The maximum absolute atomic E-state index is 13.5. The van der Waals surface area contributed by atoms with Crippen LogP contribution in [0.2, 0.25) is 0 Å². The van der Waals surface area contributed by atoms with Gasteiger partial charge < -0.3 is 15.6 Å². The summed E-state index contributed by atoms with van der Waals surface area (Å²) in [6.07, 6.45) is 0.183. The van der Waals surface area contributed by atoms with E-state index in [0.29, 0.717) is 5.56 Å². The van der Waals surface area contributed by atoms with Gasteiger partial charge in [-0.15, -0.1) is 5.10 Å². The minimum absolute atomic E-state index is 0.0372. The Bertz CT molecular complexity index is 749. The fraction of sp³-hybridized carbons (Fsp3) is 0.267. The van der Waals surface area contributed by atoms with E-state index in [-0.39, 0.29) is 43.8 Å². The number of amides is 1. The molecule has 1 heterocycles. The minimum Gasteiger partial charge on any atom is -0.394 e. The van der Waals surface area contributed by atoms with Crippen molar-refractivity contribution in [1.29, 1.82) is 0 Å². The molecule has 0 aliphatic carbocycles. The molecule has 120 valence electrons. The van der Waals surface area contributed by atoms with E-state index in [1.54, 1.807) is 18.2 Å². The molecule has 0 aliphatic rings. The van der Waals surface area contributed by atoms with Crippen LogP contribution in [0.5, 0.6) is 0 Å². The van der Waals surface area contributed by atoms with Gasteiger partial charge in [-0.1, -0.05) is 24.1 Å². The molecule has 8 heteroatoms. The number of carbonyl (C=O) groups is 1. The third-order valence-corrected chi connectivity index (χ3v) is 2.78.